The zero-order chi connectivity index (χ0) is 12.5. The highest BCUT2D eigenvalue weighted by molar-refractivity contribution is 5.33. The smallest absolute Gasteiger partial charge is 0.244 e. The Morgan fingerprint density at radius 1 is 1.44 bits per heavy atom. The quantitative estimate of drug-likeness (QED) is 0.852. The van der Waals surface area contributed by atoms with E-state index in [1.807, 2.05) is 0 Å². The van der Waals surface area contributed by atoms with Gasteiger partial charge in [-0.1, -0.05) is 13.8 Å². The molecular weight excluding hydrogens is 226 g/mol. The molecule has 1 aromatic heterocycles. The number of anilines is 1. The standard InChI is InChI=1S/C13H23N5/c1-3-9(2)12-15-13(17-16-12)18-7-10-5-4-6-14-11(10)8-18/h9-11,14H,3-8H2,1-2H3,(H,15,16,17). The Hall–Kier alpha value is -1.10. The fraction of sp³-hybridized carbons (Fsp3) is 0.846. The Bertz CT molecular complexity index is 388. The van der Waals surface area contributed by atoms with E-state index in [-0.39, 0.29) is 0 Å². The minimum Gasteiger partial charge on any atom is -0.338 e. The van der Waals surface area contributed by atoms with Crippen molar-refractivity contribution in [3.8, 4) is 0 Å². The minimum atomic E-state index is 0.467. The zero-order valence-electron chi connectivity index (χ0n) is 11.3. The molecule has 100 valence electrons. The molecule has 2 N–H and O–H groups in total. The second kappa shape index (κ2) is 4.88. The van der Waals surface area contributed by atoms with Gasteiger partial charge in [0.2, 0.25) is 5.95 Å². The zero-order valence-corrected chi connectivity index (χ0v) is 11.3. The van der Waals surface area contributed by atoms with Crippen molar-refractivity contribution in [3.05, 3.63) is 5.82 Å². The van der Waals surface area contributed by atoms with Gasteiger partial charge < -0.3 is 10.2 Å². The second-order valence-electron chi connectivity index (χ2n) is 5.70. The highest BCUT2D eigenvalue weighted by atomic mass is 15.4. The fourth-order valence-corrected chi connectivity index (χ4v) is 3.03. The highest BCUT2D eigenvalue weighted by Gasteiger charge is 2.35. The van der Waals surface area contributed by atoms with Crippen LogP contribution >= 0.6 is 0 Å². The van der Waals surface area contributed by atoms with Crippen LogP contribution in [-0.2, 0) is 0 Å². The molecule has 2 aliphatic heterocycles. The molecule has 0 spiro atoms. The highest BCUT2D eigenvalue weighted by Crippen LogP contribution is 2.27. The normalized spacial score (nSPS) is 29.3. The molecule has 2 saturated heterocycles. The number of rotatable bonds is 3. The second-order valence-corrected chi connectivity index (χ2v) is 5.70. The SMILES string of the molecule is CCC(C)c1nc(N2CC3CCCNC3C2)n[nH]1. The van der Waals surface area contributed by atoms with Gasteiger partial charge >= 0.3 is 0 Å². The van der Waals surface area contributed by atoms with Crippen molar-refractivity contribution >= 4 is 5.95 Å². The summed E-state index contributed by atoms with van der Waals surface area (Å²) in [5, 5.41) is 11.1. The lowest BCUT2D eigenvalue weighted by Gasteiger charge is -2.24. The summed E-state index contributed by atoms with van der Waals surface area (Å²) in [6.45, 7) is 7.70. The molecule has 2 fully saturated rings. The van der Waals surface area contributed by atoms with Gasteiger partial charge in [0.25, 0.3) is 0 Å². The summed E-state index contributed by atoms with van der Waals surface area (Å²) in [4.78, 5) is 6.98. The first-order valence-electron chi connectivity index (χ1n) is 7.18. The van der Waals surface area contributed by atoms with E-state index in [2.05, 4.69) is 39.2 Å². The number of hydrogen-bond donors (Lipinski definition) is 2. The number of aromatic nitrogens is 3. The predicted molar refractivity (Wildman–Crippen MR) is 71.8 cm³/mol. The number of piperidine rings is 1. The van der Waals surface area contributed by atoms with E-state index in [9.17, 15) is 0 Å². The lowest BCUT2D eigenvalue weighted by atomic mass is 9.94. The average Bonchev–Trinajstić information content (AvgIpc) is 3.03. The maximum absolute atomic E-state index is 4.65. The van der Waals surface area contributed by atoms with E-state index in [1.165, 1.54) is 19.4 Å². The summed E-state index contributed by atoms with van der Waals surface area (Å²) in [5.41, 5.74) is 0. The Kier molecular flexibility index (Phi) is 3.24. The molecule has 0 aliphatic carbocycles. The van der Waals surface area contributed by atoms with Crippen LogP contribution in [0.25, 0.3) is 0 Å². The molecule has 18 heavy (non-hydrogen) atoms. The molecule has 3 unspecified atom stereocenters. The van der Waals surface area contributed by atoms with Crippen LogP contribution in [0.4, 0.5) is 5.95 Å². The molecule has 2 aliphatic rings. The van der Waals surface area contributed by atoms with Gasteiger partial charge in [-0.2, -0.15) is 4.98 Å². The van der Waals surface area contributed by atoms with Crippen molar-refractivity contribution in [2.45, 2.75) is 45.1 Å². The number of nitrogens with zero attached hydrogens (tertiary/aromatic N) is 3. The lowest BCUT2D eigenvalue weighted by molar-refractivity contribution is 0.340. The van der Waals surface area contributed by atoms with E-state index in [1.54, 1.807) is 0 Å². The Morgan fingerprint density at radius 2 is 2.33 bits per heavy atom. The van der Waals surface area contributed by atoms with Gasteiger partial charge in [0.05, 0.1) is 0 Å². The molecule has 0 saturated carbocycles. The molecule has 3 heterocycles. The molecule has 0 aromatic carbocycles. The monoisotopic (exact) mass is 249 g/mol. The van der Waals surface area contributed by atoms with Gasteiger partial charge in [0.1, 0.15) is 5.82 Å². The van der Waals surface area contributed by atoms with E-state index >= 15 is 0 Å². The molecule has 0 bridgehead atoms. The van der Waals surface area contributed by atoms with Crippen LogP contribution in [0.3, 0.4) is 0 Å². The Balaban J connectivity index is 1.70. The van der Waals surface area contributed by atoms with E-state index in [4.69, 9.17) is 0 Å². The molecule has 3 atom stereocenters. The van der Waals surface area contributed by atoms with Crippen molar-refractivity contribution < 1.29 is 0 Å². The first-order chi connectivity index (χ1) is 8.78. The largest absolute Gasteiger partial charge is 0.338 e. The third-order valence-electron chi connectivity index (χ3n) is 4.45. The van der Waals surface area contributed by atoms with Crippen molar-refractivity contribution in [1.82, 2.24) is 20.5 Å². The summed E-state index contributed by atoms with van der Waals surface area (Å²) < 4.78 is 0. The molecule has 1 aromatic rings. The van der Waals surface area contributed by atoms with E-state index in [0.29, 0.717) is 12.0 Å². The first kappa shape index (κ1) is 12.0. The van der Waals surface area contributed by atoms with Gasteiger partial charge in [-0.15, -0.1) is 5.10 Å². The number of hydrogen-bond acceptors (Lipinski definition) is 4. The van der Waals surface area contributed by atoms with Gasteiger partial charge in [0.15, 0.2) is 0 Å². The maximum atomic E-state index is 4.65. The van der Waals surface area contributed by atoms with Crippen LogP contribution in [0.15, 0.2) is 0 Å². The van der Waals surface area contributed by atoms with Crippen LogP contribution in [0.5, 0.6) is 0 Å². The summed E-state index contributed by atoms with van der Waals surface area (Å²) in [5.74, 6) is 3.16. The molecular formula is C13H23N5. The number of fused-ring (bicyclic) bond motifs is 1. The van der Waals surface area contributed by atoms with Gasteiger partial charge in [-0.25, -0.2) is 0 Å². The molecule has 5 nitrogen and oxygen atoms in total. The predicted octanol–water partition coefficient (Wildman–Crippen LogP) is 1.51. The number of nitrogens with one attached hydrogen (secondary N) is 2. The lowest BCUT2D eigenvalue weighted by Crippen LogP contribution is -2.40. The van der Waals surface area contributed by atoms with Gasteiger partial charge in [-0.3, -0.25) is 5.10 Å². The molecule has 3 rings (SSSR count). The third-order valence-corrected chi connectivity index (χ3v) is 4.45. The van der Waals surface area contributed by atoms with Gasteiger partial charge in [-0.05, 0) is 31.7 Å². The summed E-state index contributed by atoms with van der Waals surface area (Å²) in [6.07, 6.45) is 3.75. The minimum absolute atomic E-state index is 0.467. The van der Waals surface area contributed by atoms with Crippen molar-refractivity contribution in [3.63, 3.8) is 0 Å². The summed E-state index contributed by atoms with van der Waals surface area (Å²) in [6, 6.07) is 0.643. The summed E-state index contributed by atoms with van der Waals surface area (Å²) in [7, 11) is 0. The Morgan fingerprint density at radius 3 is 3.11 bits per heavy atom. The first-order valence-corrected chi connectivity index (χ1v) is 7.18. The molecule has 0 radical (unpaired) electrons. The Labute approximate surface area is 108 Å². The average molecular weight is 249 g/mol. The van der Waals surface area contributed by atoms with E-state index < -0.39 is 0 Å². The van der Waals surface area contributed by atoms with E-state index in [0.717, 1.165) is 37.2 Å². The van der Waals surface area contributed by atoms with Crippen molar-refractivity contribution in [1.29, 1.82) is 0 Å². The maximum Gasteiger partial charge on any atom is 0.244 e. The molecule has 0 amide bonds. The number of H-pyrrole nitrogens is 1. The van der Waals surface area contributed by atoms with Crippen LogP contribution in [-0.4, -0.2) is 40.9 Å². The number of aromatic amines is 1. The third kappa shape index (κ3) is 2.11. The summed E-state index contributed by atoms with van der Waals surface area (Å²) >= 11 is 0. The van der Waals surface area contributed by atoms with Crippen LogP contribution in [0.1, 0.15) is 44.9 Å². The van der Waals surface area contributed by atoms with Crippen LogP contribution in [0.2, 0.25) is 0 Å². The van der Waals surface area contributed by atoms with Crippen molar-refractivity contribution in [2.75, 3.05) is 24.5 Å². The fourth-order valence-electron chi connectivity index (χ4n) is 3.03. The van der Waals surface area contributed by atoms with Crippen LogP contribution in [0, 0.1) is 5.92 Å². The van der Waals surface area contributed by atoms with Gasteiger partial charge in [0, 0.05) is 25.0 Å². The van der Waals surface area contributed by atoms with Crippen molar-refractivity contribution in [2.24, 2.45) is 5.92 Å². The molecule has 5 heteroatoms. The van der Waals surface area contributed by atoms with Crippen LogP contribution < -0.4 is 10.2 Å². The topological polar surface area (TPSA) is 56.8 Å².